The first-order valence-corrected chi connectivity index (χ1v) is 6.57. The van der Waals surface area contributed by atoms with Crippen molar-refractivity contribution in [2.24, 2.45) is 0 Å². The van der Waals surface area contributed by atoms with Crippen molar-refractivity contribution in [2.45, 2.75) is 43.4 Å². The predicted molar refractivity (Wildman–Crippen MR) is 70.4 cm³/mol. The molecule has 0 aliphatic heterocycles. The molecular formula is C12H17BrOS. The molecule has 1 aromatic rings. The number of hydrogen-bond acceptors (Lipinski definition) is 2. The monoisotopic (exact) mass is 288 g/mol. The van der Waals surface area contributed by atoms with Crippen LogP contribution < -0.4 is 0 Å². The fourth-order valence-corrected chi connectivity index (χ4v) is 2.78. The van der Waals surface area contributed by atoms with Gasteiger partial charge in [-0.15, -0.1) is 11.8 Å². The van der Waals surface area contributed by atoms with Gasteiger partial charge in [0.25, 0.3) is 0 Å². The van der Waals surface area contributed by atoms with Crippen molar-refractivity contribution < 1.29 is 5.11 Å². The summed E-state index contributed by atoms with van der Waals surface area (Å²) in [4.78, 5) is 1.21. The number of hydrogen-bond donors (Lipinski definition) is 1. The molecule has 1 N–H and O–H groups in total. The maximum Gasteiger partial charge on any atom is 0.0762 e. The zero-order valence-electron chi connectivity index (χ0n) is 9.54. The number of benzene rings is 1. The van der Waals surface area contributed by atoms with Crippen LogP contribution in [0.5, 0.6) is 0 Å². The van der Waals surface area contributed by atoms with E-state index in [2.05, 4.69) is 42.8 Å². The Morgan fingerprint density at radius 3 is 2.33 bits per heavy atom. The second-order valence-electron chi connectivity index (χ2n) is 4.58. The van der Waals surface area contributed by atoms with Crippen molar-refractivity contribution >= 4 is 27.7 Å². The second-order valence-corrected chi connectivity index (χ2v) is 7.30. The molecule has 0 aliphatic carbocycles. The average molecular weight is 289 g/mol. The molecule has 0 bridgehead atoms. The number of aliphatic hydroxyl groups excluding tert-OH is 1. The highest BCUT2D eigenvalue weighted by Gasteiger charge is 2.14. The van der Waals surface area contributed by atoms with Crippen LogP contribution in [-0.2, 0) is 0 Å². The Kier molecular flexibility index (Phi) is 4.27. The third-order valence-corrected chi connectivity index (χ3v) is 3.96. The summed E-state index contributed by atoms with van der Waals surface area (Å²) in [5, 5.41) is 9.44. The van der Waals surface area contributed by atoms with Crippen molar-refractivity contribution in [2.75, 3.05) is 0 Å². The molecule has 0 spiro atoms. The summed E-state index contributed by atoms with van der Waals surface area (Å²) >= 11 is 5.36. The van der Waals surface area contributed by atoms with Gasteiger partial charge in [0.1, 0.15) is 0 Å². The van der Waals surface area contributed by atoms with E-state index in [0.29, 0.717) is 0 Å². The summed E-state index contributed by atoms with van der Waals surface area (Å²) in [6.45, 7) is 8.34. The van der Waals surface area contributed by atoms with E-state index >= 15 is 0 Å². The zero-order chi connectivity index (χ0) is 11.6. The van der Waals surface area contributed by atoms with Crippen LogP contribution in [0.2, 0.25) is 0 Å². The van der Waals surface area contributed by atoms with Crippen LogP contribution in [0.1, 0.15) is 39.4 Å². The van der Waals surface area contributed by atoms with Crippen molar-refractivity contribution in [3.63, 3.8) is 0 Å². The Morgan fingerprint density at radius 2 is 1.93 bits per heavy atom. The Morgan fingerprint density at radius 1 is 1.33 bits per heavy atom. The van der Waals surface area contributed by atoms with Crippen LogP contribution in [0.3, 0.4) is 0 Å². The summed E-state index contributed by atoms with van der Waals surface area (Å²) < 4.78 is 1.26. The molecule has 0 amide bonds. The van der Waals surface area contributed by atoms with Gasteiger partial charge in [-0.25, -0.2) is 0 Å². The van der Waals surface area contributed by atoms with Gasteiger partial charge in [0.15, 0.2) is 0 Å². The van der Waals surface area contributed by atoms with Gasteiger partial charge < -0.3 is 5.11 Å². The average Bonchev–Trinajstić information content (AvgIpc) is 2.05. The maximum absolute atomic E-state index is 9.44. The molecule has 0 saturated carbocycles. The molecule has 0 saturated heterocycles. The molecule has 1 nitrogen and oxygen atoms in total. The molecule has 1 rings (SSSR count). The minimum Gasteiger partial charge on any atom is -0.389 e. The lowest BCUT2D eigenvalue weighted by Crippen LogP contribution is -2.06. The smallest absolute Gasteiger partial charge is 0.0762 e. The number of rotatable bonds is 2. The minimum atomic E-state index is -0.407. The van der Waals surface area contributed by atoms with Gasteiger partial charge in [0, 0.05) is 14.1 Å². The molecule has 0 aromatic heterocycles. The highest BCUT2D eigenvalue weighted by Crippen LogP contribution is 2.37. The van der Waals surface area contributed by atoms with Crippen LogP contribution >= 0.6 is 27.7 Å². The minimum absolute atomic E-state index is 0.203. The SMILES string of the molecule is C[C@H](O)c1ccc(SC(C)(C)C)c(Br)c1. The van der Waals surface area contributed by atoms with Crippen LogP contribution in [-0.4, -0.2) is 9.85 Å². The Bertz CT molecular complexity index is 342. The lowest BCUT2D eigenvalue weighted by molar-refractivity contribution is 0.199. The van der Waals surface area contributed by atoms with E-state index in [-0.39, 0.29) is 4.75 Å². The van der Waals surface area contributed by atoms with Gasteiger partial charge in [-0.05, 0) is 40.5 Å². The third kappa shape index (κ3) is 4.17. The first-order chi connectivity index (χ1) is 6.79. The first kappa shape index (κ1) is 13.1. The van der Waals surface area contributed by atoms with Crippen LogP contribution in [0.25, 0.3) is 0 Å². The van der Waals surface area contributed by atoms with Gasteiger partial charge >= 0.3 is 0 Å². The highest BCUT2D eigenvalue weighted by atomic mass is 79.9. The normalized spacial score (nSPS) is 14.0. The molecule has 84 valence electrons. The molecule has 0 heterocycles. The van der Waals surface area contributed by atoms with Crippen LogP contribution in [0, 0.1) is 0 Å². The Hall–Kier alpha value is 0.01000. The van der Waals surface area contributed by atoms with Crippen molar-refractivity contribution in [3.05, 3.63) is 28.2 Å². The molecule has 0 fully saturated rings. The second kappa shape index (κ2) is 4.89. The van der Waals surface area contributed by atoms with Crippen molar-refractivity contribution in [1.82, 2.24) is 0 Å². The quantitative estimate of drug-likeness (QED) is 0.815. The Labute approximate surface area is 104 Å². The van der Waals surface area contributed by atoms with E-state index in [1.165, 1.54) is 4.90 Å². The summed E-state index contributed by atoms with van der Waals surface area (Å²) in [5.74, 6) is 0. The van der Waals surface area contributed by atoms with E-state index in [1.54, 1.807) is 6.92 Å². The molecule has 1 atom stereocenters. The highest BCUT2D eigenvalue weighted by molar-refractivity contribution is 9.10. The van der Waals surface area contributed by atoms with E-state index in [0.717, 1.165) is 10.0 Å². The zero-order valence-corrected chi connectivity index (χ0v) is 11.9. The summed E-state index contributed by atoms with van der Waals surface area (Å²) in [6, 6.07) is 6.02. The van der Waals surface area contributed by atoms with Crippen LogP contribution in [0.15, 0.2) is 27.6 Å². The fourth-order valence-electron chi connectivity index (χ4n) is 1.19. The molecule has 15 heavy (non-hydrogen) atoms. The number of halogens is 1. The van der Waals surface area contributed by atoms with Crippen molar-refractivity contribution in [1.29, 1.82) is 0 Å². The van der Waals surface area contributed by atoms with Gasteiger partial charge in [-0.1, -0.05) is 26.8 Å². The summed E-state index contributed by atoms with van der Waals surface area (Å²) in [7, 11) is 0. The largest absolute Gasteiger partial charge is 0.389 e. The van der Waals surface area contributed by atoms with Crippen molar-refractivity contribution in [3.8, 4) is 0 Å². The van der Waals surface area contributed by atoms with Gasteiger partial charge in [-0.2, -0.15) is 0 Å². The topological polar surface area (TPSA) is 20.2 Å². The van der Waals surface area contributed by atoms with E-state index in [1.807, 2.05) is 23.9 Å². The first-order valence-electron chi connectivity index (χ1n) is 4.96. The fraction of sp³-hybridized carbons (Fsp3) is 0.500. The van der Waals surface area contributed by atoms with Gasteiger partial charge in [0.05, 0.1) is 6.10 Å². The molecule has 3 heteroatoms. The summed E-state index contributed by atoms with van der Waals surface area (Å²) in [6.07, 6.45) is -0.407. The van der Waals surface area contributed by atoms with E-state index in [9.17, 15) is 5.11 Å². The molecular weight excluding hydrogens is 272 g/mol. The standard InChI is InChI=1S/C12H17BrOS/c1-8(14)9-5-6-11(10(13)7-9)15-12(2,3)4/h5-8,14H,1-4H3/t8-/m0/s1. The number of aliphatic hydroxyl groups is 1. The lowest BCUT2D eigenvalue weighted by Gasteiger charge is -2.19. The summed E-state index contributed by atoms with van der Waals surface area (Å²) in [5.41, 5.74) is 0.945. The van der Waals surface area contributed by atoms with E-state index < -0.39 is 6.10 Å². The molecule has 0 aliphatic rings. The number of thioether (sulfide) groups is 1. The van der Waals surface area contributed by atoms with E-state index in [4.69, 9.17) is 0 Å². The van der Waals surface area contributed by atoms with Gasteiger partial charge in [-0.3, -0.25) is 0 Å². The maximum atomic E-state index is 9.44. The molecule has 0 unspecified atom stereocenters. The molecule has 1 aromatic carbocycles. The molecule has 0 radical (unpaired) electrons. The third-order valence-electron chi connectivity index (χ3n) is 1.85. The Balaban J connectivity index is 2.94. The predicted octanol–water partition coefficient (Wildman–Crippen LogP) is 4.39. The van der Waals surface area contributed by atoms with Gasteiger partial charge in [0.2, 0.25) is 0 Å². The lowest BCUT2D eigenvalue weighted by atomic mass is 10.1. The van der Waals surface area contributed by atoms with Crippen LogP contribution in [0.4, 0.5) is 0 Å².